The number of carbonyl (C=O) groups is 2. The molecule has 0 atom stereocenters. The number of aliphatic carboxylic acids is 1. The number of carboxylic acids is 1. The SMILES string of the molecule is O=C(O)Cc1cn(C(=O)c2ccccc2)c2ccc([N+](=O)[O-])c(C(F)(F)F)c12. The van der Waals surface area contributed by atoms with Gasteiger partial charge in [-0.1, -0.05) is 18.2 Å². The molecule has 0 aliphatic carbocycles. The van der Waals surface area contributed by atoms with Crippen molar-refractivity contribution in [2.24, 2.45) is 0 Å². The van der Waals surface area contributed by atoms with Crippen LogP contribution < -0.4 is 0 Å². The predicted octanol–water partition coefficient (Wildman–Crippen LogP) is 3.88. The first-order chi connectivity index (χ1) is 13.1. The fourth-order valence-corrected chi connectivity index (χ4v) is 3.02. The number of carboxylic acid groups (broad SMARTS) is 1. The molecule has 0 aliphatic heterocycles. The van der Waals surface area contributed by atoms with Crippen LogP contribution in [-0.4, -0.2) is 26.5 Å². The topological polar surface area (TPSA) is 102 Å². The lowest BCUT2D eigenvalue weighted by atomic mass is 10.0. The zero-order chi connectivity index (χ0) is 20.6. The van der Waals surface area contributed by atoms with Gasteiger partial charge in [-0.15, -0.1) is 0 Å². The molecule has 144 valence electrons. The Kier molecular flexibility index (Phi) is 4.63. The lowest BCUT2D eigenvalue weighted by Gasteiger charge is -2.11. The molecule has 0 aliphatic rings. The third kappa shape index (κ3) is 3.31. The van der Waals surface area contributed by atoms with Gasteiger partial charge in [-0.3, -0.25) is 24.3 Å². The van der Waals surface area contributed by atoms with Crippen molar-refractivity contribution in [2.75, 3.05) is 0 Å². The maximum absolute atomic E-state index is 13.6. The van der Waals surface area contributed by atoms with Crippen LogP contribution in [0.2, 0.25) is 0 Å². The highest BCUT2D eigenvalue weighted by atomic mass is 19.4. The number of benzene rings is 2. The number of nitro groups is 1. The van der Waals surface area contributed by atoms with E-state index in [1.54, 1.807) is 18.2 Å². The molecular formula is C18H11F3N2O5. The Hall–Kier alpha value is -3.69. The van der Waals surface area contributed by atoms with E-state index in [9.17, 15) is 32.9 Å². The molecule has 0 unspecified atom stereocenters. The molecule has 3 rings (SSSR count). The minimum Gasteiger partial charge on any atom is -0.481 e. The standard InChI is InChI=1S/C18H11F3N2O5/c19-18(20,21)16-13(23(27)28)7-6-12-15(16)11(8-14(24)25)9-22(12)17(26)10-4-2-1-3-5-10/h1-7,9H,8H2,(H,24,25). The van der Waals surface area contributed by atoms with Crippen molar-refractivity contribution >= 4 is 28.5 Å². The number of aromatic nitrogens is 1. The molecule has 0 spiro atoms. The van der Waals surface area contributed by atoms with E-state index in [2.05, 4.69) is 0 Å². The number of hydrogen-bond acceptors (Lipinski definition) is 4. The fourth-order valence-electron chi connectivity index (χ4n) is 3.02. The van der Waals surface area contributed by atoms with Gasteiger partial charge in [-0.05, 0) is 23.8 Å². The van der Waals surface area contributed by atoms with E-state index in [1.807, 2.05) is 0 Å². The largest absolute Gasteiger partial charge is 0.481 e. The quantitative estimate of drug-likeness (QED) is 0.536. The Labute approximate surface area is 154 Å². The van der Waals surface area contributed by atoms with Gasteiger partial charge in [0.15, 0.2) is 0 Å². The van der Waals surface area contributed by atoms with Crippen molar-refractivity contribution in [3.63, 3.8) is 0 Å². The first-order valence-electron chi connectivity index (χ1n) is 7.81. The zero-order valence-electron chi connectivity index (χ0n) is 13.9. The number of nitrogens with zero attached hydrogens (tertiary/aromatic N) is 2. The minimum absolute atomic E-state index is 0.160. The van der Waals surface area contributed by atoms with Gasteiger partial charge in [0.1, 0.15) is 5.56 Å². The van der Waals surface area contributed by atoms with E-state index in [4.69, 9.17) is 5.11 Å². The molecular weight excluding hydrogens is 381 g/mol. The van der Waals surface area contributed by atoms with Gasteiger partial charge in [0, 0.05) is 23.2 Å². The molecule has 0 fully saturated rings. The second kappa shape index (κ2) is 6.80. The lowest BCUT2D eigenvalue weighted by molar-refractivity contribution is -0.387. The molecule has 0 bridgehead atoms. The third-order valence-corrected chi connectivity index (χ3v) is 4.09. The Morgan fingerprint density at radius 1 is 1.11 bits per heavy atom. The highest BCUT2D eigenvalue weighted by Crippen LogP contribution is 2.43. The van der Waals surface area contributed by atoms with Crippen LogP contribution in [0.25, 0.3) is 10.9 Å². The number of carbonyl (C=O) groups excluding carboxylic acids is 1. The molecule has 0 amide bonds. The summed E-state index contributed by atoms with van der Waals surface area (Å²) in [5.41, 5.74) is -3.23. The molecule has 0 saturated heterocycles. The minimum atomic E-state index is -5.13. The van der Waals surface area contributed by atoms with Gasteiger partial charge < -0.3 is 5.11 Å². The van der Waals surface area contributed by atoms with E-state index in [0.29, 0.717) is 6.07 Å². The molecule has 0 radical (unpaired) electrons. The number of alkyl halides is 3. The van der Waals surface area contributed by atoms with Crippen molar-refractivity contribution in [1.29, 1.82) is 0 Å². The van der Waals surface area contributed by atoms with Gasteiger partial charge in [0.25, 0.3) is 11.6 Å². The van der Waals surface area contributed by atoms with Crippen LogP contribution >= 0.6 is 0 Å². The van der Waals surface area contributed by atoms with Gasteiger partial charge >= 0.3 is 12.1 Å². The van der Waals surface area contributed by atoms with E-state index >= 15 is 0 Å². The average Bonchev–Trinajstić information content (AvgIpc) is 2.98. The van der Waals surface area contributed by atoms with Crippen LogP contribution in [-0.2, 0) is 17.4 Å². The molecule has 1 heterocycles. The van der Waals surface area contributed by atoms with Crippen LogP contribution in [0.15, 0.2) is 48.7 Å². The van der Waals surface area contributed by atoms with E-state index in [-0.39, 0.29) is 16.6 Å². The summed E-state index contributed by atoms with van der Waals surface area (Å²) < 4.78 is 41.8. The Bertz CT molecular complexity index is 1100. The smallest absolute Gasteiger partial charge is 0.423 e. The fraction of sp³-hybridized carbons (Fsp3) is 0.111. The van der Waals surface area contributed by atoms with Gasteiger partial charge in [0.2, 0.25) is 0 Å². The van der Waals surface area contributed by atoms with E-state index < -0.39 is 46.0 Å². The maximum Gasteiger partial charge on any atom is 0.423 e. The molecule has 28 heavy (non-hydrogen) atoms. The van der Waals surface area contributed by atoms with Crippen molar-refractivity contribution in [3.8, 4) is 0 Å². The van der Waals surface area contributed by atoms with Gasteiger partial charge in [-0.2, -0.15) is 13.2 Å². The van der Waals surface area contributed by atoms with Crippen molar-refractivity contribution < 1.29 is 32.8 Å². The summed E-state index contributed by atoms with van der Waals surface area (Å²) >= 11 is 0. The summed E-state index contributed by atoms with van der Waals surface area (Å²) in [4.78, 5) is 33.8. The lowest BCUT2D eigenvalue weighted by Crippen LogP contribution is -2.12. The number of hydrogen-bond donors (Lipinski definition) is 1. The first-order valence-corrected chi connectivity index (χ1v) is 7.81. The van der Waals surface area contributed by atoms with Crippen LogP contribution in [0, 0.1) is 10.1 Å². The van der Waals surface area contributed by atoms with Crippen molar-refractivity contribution in [3.05, 3.63) is 75.5 Å². The maximum atomic E-state index is 13.6. The monoisotopic (exact) mass is 392 g/mol. The average molecular weight is 392 g/mol. The van der Waals surface area contributed by atoms with Crippen LogP contribution in [0.4, 0.5) is 18.9 Å². The number of nitro benzene ring substituents is 1. The predicted molar refractivity (Wildman–Crippen MR) is 91.1 cm³/mol. The molecule has 1 N–H and O–H groups in total. The van der Waals surface area contributed by atoms with Gasteiger partial charge in [0.05, 0.1) is 16.9 Å². The Balaban J connectivity index is 2.39. The summed E-state index contributed by atoms with van der Waals surface area (Å²) in [6.07, 6.45) is -4.99. The second-order valence-corrected chi connectivity index (χ2v) is 5.87. The van der Waals surface area contributed by atoms with Crippen LogP contribution in [0.1, 0.15) is 21.5 Å². The Morgan fingerprint density at radius 2 is 1.75 bits per heavy atom. The van der Waals surface area contributed by atoms with Crippen molar-refractivity contribution in [2.45, 2.75) is 12.6 Å². The molecule has 3 aromatic rings. The van der Waals surface area contributed by atoms with E-state index in [1.165, 1.54) is 12.1 Å². The van der Waals surface area contributed by atoms with Crippen LogP contribution in [0.3, 0.4) is 0 Å². The van der Waals surface area contributed by atoms with E-state index in [0.717, 1.165) is 16.8 Å². The highest BCUT2D eigenvalue weighted by Gasteiger charge is 2.42. The second-order valence-electron chi connectivity index (χ2n) is 5.87. The number of halogens is 3. The summed E-state index contributed by atoms with van der Waals surface area (Å²) in [6, 6.07) is 9.32. The summed E-state index contributed by atoms with van der Waals surface area (Å²) in [5.74, 6) is -2.13. The molecule has 2 aromatic carbocycles. The zero-order valence-corrected chi connectivity index (χ0v) is 13.9. The molecule has 10 heteroatoms. The summed E-state index contributed by atoms with van der Waals surface area (Å²) in [6.45, 7) is 0. The normalized spacial score (nSPS) is 11.5. The first kappa shape index (κ1) is 19.1. The van der Waals surface area contributed by atoms with Crippen LogP contribution in [0.5, 0.6) is 0 Å². The van der Waals surface area contributed by atoms with Crippen molar-refractivity contribution in [1.82, 2.24) is 4.57 Å². The summed E-state index contributed by atoms with van der Waals surface area (Å²) in [7, 11) is 0. The summed E-state index contributed by atoms with van der Waals surface area (Å²) in [5, 5.41) is 19.5. The number of rotatable bonds is 4. The Morgan fingerprint density at radius 3 is 2.29 bits per heavy atom. The van der Waals surface area contributed by atoms with Gasteiger partial charge in [-0.25, -0.2) is 0 Å². The molecule has 1 aromatic heterocycles. The highest BCUT2D eigenvalue weighted by molar-refractivity contribution is 6.05. The molecule has 0 saturated carbocycles. The third-order valence-electron chi connectivity index (χ3n) is 4.09. The molecule has 7 nitrogen and oxygen atoms in total. The number of fused-ring (bicyclic) bond motifs is 1.